The van der Waals surface area contributed by atoms with Crippen LogP contribution in [0.1, 0.15) is 28.8 Å². The topological polar surface area (TPSA) is 78.1 Å². The number of nitrogens with zero attached hydrogens (tertiary/aromatic N) is 3. The number of benzene rings is 3. The molecule has 0 spiro atoms. The second kappa shape index (κ2) is 10.6. The van der Waals surface area contributed by atoms with Gasteiger partial charge >= 0.3 is 0 Å². The first-order chi connectivity index (χ1) is 20.0. The van der Waals surface area contributed by atoms with E-state index in [0.29, 0.717) is 24.5 Å². The third-order valence-electron chi connectivity index (χ3n) is 8.72. The van der Waals surface area contributed by atoms with Gasteiger partial charge in [0.15, 0.2) is 11.5 Å². The molecule has 1 N–H and O–H groups in total. The van der Waals surface area contributed by atoms with Gasteiger partial charge in [0.25, 0.3) is 0 Å². The number of amides is 2. The first kappa shape index (κ1) is 25.7. The number of ether oxygens (including phenoxy) is 2. The number of H-pyrrole nitrogens is 1. The third kappa shape index (κ3) is 4.93. The highest BCUT2D eigenvalue weighted by Crippen LogP contribution is 2.34. The Morgan fingerprint density at radius 2 is 1.71 bits per heavy atom. The van der Waals surface area contributed by atoms with E-state index in [1.54, 1.807) is 4.90 Å². The number of aromatic nitrogens is 1. The molecule has 4 heterocycles. The summed E-state index contributed by atoms with van der Waals surface area (Å²) in [4.78, 5) is 37.7. The fraction of sp³-hybridized carbons (Fsp3) is 0.333. The summed E-state index contributed by atoms with van der Waals surface area (Å²) >= 11 is 0. The van der Waals surface area contributed by atoms with Crippen molar-refractivity contribution in [3.8, 4) is 11.5 Å². The molecule has 2 amide bonds. The van der Waals surface area contributed by atoms with Gasteiger partial charge in [-0.05, 0) is 48.2 Å². The van der Waals surface area contributed by atoms with Gasteiger partial charge in [0.2, 0.25) is 18.6 Å². The highest BCUT2D eigenvalue weighted by molar-refractivity contribution is 5.96. The lowest BCUT2D eigenvalue weighted by Crippen LogP contribution is -2.62. The summed E-state index contributed by atoms with van der Waals surface area (Å²) in [7, 11) is 0. The number of nitrogens with one attached hydrogen (secondary N) is 1. The fourth-order valence-electron chi connectivity index (χ4n) is 6.60. The number of aryl methyl sites for hydroxylation is 1. The van der Waals surface area contributed by atoms with Gasteiger partial charge in [-0.15, -0.1) is 0 Å². The summed E-state index contributed by atoms with van der Waals surface area (Å²) in [5, 5.41) is 1.10. The normalized spacial score (nSPS) is 20.9. The molecule has 2 fully saturated rings. The molecule has 8 heteroatoms. The molecule has 8 nitrogen and oxygen atoms in total. The number of hydrogen-bond donors (Lipinski definition) is 1. The molecule has 0 unspecified atom stereocenters. The molecule has 3 aliphatic rings. The standard InChI is InChI=1S/C33H34N4O4/c1-22-27(26-9-5-6-10-28(26)34-22)16-29-33(39)36(25-13-14-35(19-25)17-23-7-3-2-4-8-23)20-32(38)37(29)18-24-11-12-30-31(15-24)41-21-40-30/h2-12,15,25,29,34H,13-14,16-21H2,1H3/t25-,29-/m1/s1. The first-order valence-corrected chi connectivity index (χ1v) is 14.3. The van der Waals surface area contributed by atoms with Gasteiger partial charge in [0, 0.05) is 55.2 Å². The Morgan fingerprint density at radius 3 is 2.59 bits per heavy atom. The molecule has 41 heavy (non-hydrogen) atoms. The largest absolute Gasteiger partial charge is 0.454 e. The van der Waals surface area contributed by atoms with Crippen molar-refractivity contribution < 1.29 is 19.1 Å². The SMILES string of the molecule is Cc1[nH]c2ccccc2c1C[C@@H]1C(=O)N([C@@H]2CCN(Cc3ccccc3)C2)CC(=O)N1Cc1ccc2c(c1)OCO2. The van der Waals surface area contributed by atoms with Crippen LogP contribution in [-0.2, 0) is 29.1 Å². The van der Waals surface area contributed by atoms with Crippen molar-refractivity contribution in [3.63, 3.8) is 0 Å². The predicted molar refractivity (Wildman–Crippen MR) is 155 cm³/mol. The minimum absolute atomic E-state index is 0.0220. The minimum atomic E-state index is -0.595. The fourth-order valence-corrected chi connectivity index (χ4v) is 6.60. The molecular formula is C33H34N4O4. The molecule has 1 aromatic heterocycles. The summed E-state index contributed by atoms with van der Waals surface area (Å²) < 4.78 is 11.1. The van der Waals surface area contributed by atoms with Crippen molar-refractivity contribution >= 4 is 22.7 Å². The number of carbonyl (C=O) groups is 2. The van der Waals surface area contributed by atoms with Crippen LogP contribution in [0.25, 0.3) is 10.9 Å². The molecule has 210 valence electrons. The van der Waals surface area contributed by atoms with Crippen LogP contribution < -0.4 is 9.47 Å². The quantitative estimate of drug-likeness (QED) is 0.372. The average Bonchev–Trinajstić information content (AvgIpc) is 3.72. The second-order valence-electron chi connectivity index (χ2n) is 11.3. The van der Waals surface area contributed by atoms with E-state index in [0.717, 1.165) is 53.8 Å². The summed E-state index contributed by atoms with van der Waals surface area (Å²) in [6.07, 6.45) is 1.33. The number of para-hydroxylation sites is 1. The average molecular weight is 551 g/mol. The zero-order valence-electron chi connectivity index (χ0n) is 23.2. The smallest absolute Gasteiger partial charge is 0.246 e. The van der Waals surface area contributed by atoms with Crippen LogP contribution in [0, 0.1) is 6.92 Å². The van der Waals surface area contributed by atoms with Crippen LogP contribution in [0.2, 0.25) is 0 Å². The van der Waals surface area contributed by atoms with Crippen LogP contribution in [0.15, 0.2) is 72.8 Å². The zero-order chi connectivity index (χ0) is 27.9. The van der Waals surface area contributed by atoms with Crippen molar-refractivity contribution in [1.82, 2.24) is 19.7 Å². The van der Waals surface area contributed by atoms with Gasteiger partial charge in [0.05, 0.1) is 0 Å². The molecule has 0 saturated carbocycles. The Bertz CT molecular complexity index is 1600. The highest BCUT2D eigenvalue weighted by Gasteiger charge is 2.44. The number of fused-ring (bicyclic) bond motifs is 2. The van der Waals surface area contributed by atoms with E-state index in [1.165, 1.54) is 5.56 Å². The summed E-state index contributed by atoms with van der Waals surface area (Å²) in [6, 6.07) is 23.7. The molecule has 0 aliphatic carbocycles. The monoisotopic (exact) mass is 550 g/mol. The number of hydrogen-bond acceptors (Lipinski definition) is 5. The molecule has 0 bridgehead atoms. The molecule has 4 aromatic rings. The molecule has 3 aromatic carbocycles. The van der Waals surface area contributed by atoms with E-state index in [9.17, 15) is 9.59 Å². The van der Waals surface area contributed by atoms with Crippen LogP contribution in [0.4, 0.5) is 0 Å². The van der Waals surface area contributed by atoms with Crippen LogP contribution >= 0.6 is 0 Å². The number of rotatable bonds is 7. The minimum Gasteiger partial charge on any atom is -0.454 e. The lowest BCUT2D eigenvalue weighted by molar-refractivity contribution is -0.158. The highest BCUT2D eigenvalue weighted by atomic mass is 16.7. The first-order valence-electron chi connectivity index (χ1n) is 14.3. The van der Waals surface area contributed by atoms with Crippen molar-refractivity contribution in [2.45, 2.75) is 44.9 Å². The van der Waals surface area contributed by atoms with E-state index in [1.807, 2.05) is 48.2 Å². The number of likely N-dealkylation sites (tertiary alicyclic amines) is 1. The van der Waals surface area contributed by atoms with Crippen LogP contribution in [-0.4, -0.2) is 70.0 Å². The van der Waals surface area contributed by atoms with Crippen LogP contribution in [0.3, 0.4) is 0 Å². The Labute approximate surface area is 239 Å². The van der Waals surface area contributed by atoms with Crippen molar-refractivity contribution in [3.05, 3.63) is 95.2 Å². The van der Waals surface area contributed by atoms with E-state index in [4.69, 9.17) is 9.47 Å². The van der Waals surface area contributed by atoms with Crippen molar-refractivity contribution in [2.24, 2.45) is 0 Å². The number of carbonyl (C=O) groups excluding carboxylic acids is 2. The molecular weight excluding hydrogens is 516 g/mol. The number of aromatic amines is 1. The van der Waals surface area contributed by atoms with Crippen LogP contribution in [0.5, 0.6) is 11.5 Å². The molecule has 7 rings (SSSR count). The zero-order valence-corrected chi connectivity index (χ0v) is 23.2. The lowest BCUT2D eigenvalue weighted by atomic mass is 9.96. The predicted octanol–water partition coefficient (Wildman–Crippen LogP) is 4.26. The Balaban J connectivity index is 1.17. The van der Waals surface area contributed by atoms with Gasteiger partial charge in [-0.2, -0.15) is 0 Å². The van der Waals surface area contributed by atoms with E-state index in [-0.39, 0.29) is 31.2 Å². The molecule has 2 atom stereocenters. The summed E-state index contributed by atoms with van der Waals surface area (Å²) in [5.41, 5.74) is 5.33. The van der Waals surface area contributed by atoms with Gasteiger partial charge in [-0.3, -0.25) is 14.5 Å². The summed E-state index contributed by atoms with van der Waals surface area (Å²) in [5.74, 6) is 1.38. The Hall–Kier alpha value is -4.30. The second-order valence-corrected chi connectivity index (χ2v) is 11.3. The molecule has 3 aliphatic heterocycles. The lowest BCUT2D eigenvalue weighted by Gasteiger charge is -2.43. The Kier molecular flexibility index (Phi) is 6.63. The van der Waals surface area contributed by atoms with E-state index >= 15 is 0 Å². The molecule has 2 saturated heterocycles. The maximum Gasteiger partial charge on any atom is 0.246 e. The number of piperazine rings is 1. The van der Waals surface area contributed by atoms with Crippen molar-refractivity contribution in [1.29, 1.82) is 0 Å². The molecule has 0 radical (unpaired) electrons. The van der Waals surface area contributed by atoms with Crippen molar-refractivity contribution in [2.75, 3.05) is 26.4 Å². The third-order valence-corrected chi connectivity index (χ3v) is 8.72. The summed E-state index contributed by atoms with van der Waals surface area (Å²) in [6.45, 7) is 5.21. The van der Waals surface area contributed by atoms with Gasteiger partial charge in [-0.25, -0.2) is 0 Å². The Morgan fingerprint density at radius 1 is 0.902 bits per heavy atom. The van der Waals surface area contributed by atoms with Gasteiger partial charge in [-0.1, -0.05) is 54.6 Å². The van der Waals surface area contributed by atoms with E-state index in [2.05, 4.69) is 46.3 Å². The van der Waals surface area contributed by atoms with Gasteiger partial charge in [0.1, 0.15) is 12.6 Å². The maximum atomic E-state index is 14.3. The van der Waals surface area contributed by atoms with Gasteiger partial charge < -0.3 is 24.3 Å². The maximum absolute atomic E-state index is 14.3. The van der Waals surface area contributed by atoms with E-state index < -0.39 is 6.04 Å².